The zero-order valence-electron chi connectivity index (χ0n) is 15.8. The Morgan fingerprint density at radius 3 is 2.00 bits per heavy atom. The lowest BCUT2D eigenvalue weighted by molar-refractivity contribution is -0.137. The highest BCUT2D eigenvalue weighted by atomic mass is 16.4. The van der Waals surface area contributed by atoms with Gasteiger partial charge in [-0.05, 0) is 32.1 Å². The Hall–Kier alpha value is -0.900. The van der Waals surface area contributed by atoms with Gasteiger partial charge in [-0.1, -0.05) is 58.8 Å². The van der Waals surface area contributed by atoms with E-state index in [0.29, 0.717) is 12.2 Å². The van der Waals surface area contributed by atoms with Crippen LogP contribution < -0.4 is 0 Å². The van der Waals surface area contributed by atoms with E-state index in [2.05, 4.69) is 6.92 Å². The van der Waals surface area contributed by atoms with Crippen molar-refractivity contribution in [3.8, 4) is 0 Å². The van der Waals surface area contributed by atoms with Crippen LogP contribution in [0.15, 0.2) is 0 Å². The zero-order valence-corrected chi connectivity index (χ0v) is 15.8. The molecule has 0 saturated carbocycles. The maximum Gasteiger partial charge on any atom is 0.303 e. The van der Waals surface area contributed by atoms with Crippen LogP contribution in [0.25, 0.3) is 0 Å². The van der Waals surface area contributed by atoms with E-state index >= 15 is 0 Å². The number of carboxylic acid groups (broad SMARTS) is 1. The summed E-state index contributed by atoms with van der Waals surface area (Å²) in [5.41, 5.74) is 0. The smallest absolute Gasteiger partial charge is 0.303 e. The summed E-state index contributed by atoms with van der Waals surface area (Å²) in [6, 6.07) is 0. The van der Waals surface area contributed by atoms with E-state index in [-0.39, 0.29) is 18.4 Å². The lowest BCUT2D eigenvalue weighted by atomic mass is 9.89. The first-order chi connectivity index (χ1) is 11.5. The van der Waals surface area contributed by atoms with Gasteiger partial charge in [0.05, 0.1) is 6.10 Å². The second-order valence-electron chi connectivity index (χ2n) is 6.94. The SMILES string of the molecule is CCCCC[C@H](O)CCC[C@@H](CCCCCCC(=O)O)C(=O)CC. The summed E-state index contributed by atoms with van der Waals surface area (Å²) in [6.45, 7) is 4.08. The predicted molar refractivity (Wildman–Crippen MR) is 98.1 cm³/mol. The van der Waals surface area contributed by atoms with Crippen molar-refractivity contribution < 1.29 is 19.8 Å². The summed E-state index contributed by atoms with van der Waals surface area (Å²) >= 11 is 0. The Morgan fingerprint density at radius 1 is 0.792 bits per heavy atom. The maximum atomic E-state index is 12.1. The van der Waals surface area contributed by atoms with Gasteiger partial charge in [0, 0.05) is 18.8 Å². The lowest BCUT2D eigenvalue weighted by Gasteiger charge is -2.16. The summed E-state index contributed by atoms with van der Waals surface area (Å²) in [6.07, 6.45) is 12.1. The number of hydrogen-bond acceptors (Lipinski definition) is 3. The molecule has 0 aliphatic rings. The van der Waals surface area contributed by atoms with E-state index in [1.54, 1.807) is 0 Å². The molecule has 0 aromatic heterocycles. The van der Waals surface area contributed by atoms with E-state index in [0.717, 1.165) is 64.2 Å². The Balaban J connectivity index is 3.89. The van der Waals surface area contributed by atoms with Crippen molar-refractivity contribution in [1.82, 2.24) is 0 Å². The molecule has 0 aliphatic carbocycles. The van der Waals surface area contributed by atoms with Crippen LogP contribution >= 0.6 is 0 Å². The fourth-order valence-corrected chi connectivity index (χ4v) is 3.15. The second-order valence-corrected chi connectivity index (χ2v) is 6.94. The Kier molecular flexibility index (Phi) is 15.0. The minimum atomic E-state index is -0.730. The lowest BCUT2D eigenvalue weighted by Crippen LogP contribution is -2.15. The number of hydrogen-bond donors (Lipinski definition) is 2. The number of rotatable bonds is 17. The molecule has 4 heteroatoms. The Labute approximate surface area is 148 Å². The van der Waals surface area contributed by atoms with E-state index < -0.39 is 5.97 Å². The third-order valence-corrected chi connectivity index (χ3v) is 4.73. The van der Waals surface area contributed by atoms with Crippen LogP contribution in [0.3, 0.4) is 0 Å². The molecule has 2 atom stereocenters. The van der Waals surface area contributed by atoms with E-state index in [1.807, 2.05) is 6.92 Å². The standard InChI is InChI=1S/C20H38O4/c1-3-5-8-14-18(21)15-11-13-17(19(22)4-2)12-9-6-7-10-16-20(23)24/h17-18,21H,3-16H2,1-2H3,(H,23,24)/t17-,18+/m1/s1. The molecule has 0 unspecified atom stereocenters. The molecule has 142 valence electrons. The van der Waals surface area contributed by atoms with Gasteiger partial charge in [-0.2, -0.15) is 0 Å². The average Bonchev–Trinajstić information content (AvgIpc) is 2.55. The van der Waals surface area contributed by atoms with Crippen LogP contribution in [0.5, 0.6) is 0 Å². The number of aliphatic hydroxyl groups is 1. The highest BCUT2D eigenvalue weighted by Gasteiger charge is 2.16. The van der Waals surface area contributed by atoms with Crippen LogP contribution in [0.2, 0.25) is 0 Å². The van der Waals surface area contributed by atoms with Crippen molar-refractivity contribution >= 4 is 11.8 Å². The van der Waals surface area contributed by atoms with Gasteiger partial charge in [-0.25, -0.2) is 0 Å². The highest BCUT2D eigenvalue weighted by molar-refractivity contribution is 5.80. The normalized spacial score (nSPS) is 13.6. The number of aliphatic hydroxyl groups excluding tert-OH is 1. The van der Waals surface area contributed by atoms with Gasteiger partial charge in [0.2, 0.25) is 0 Å². The summed E-state index contributed by atoms with van der Waals surface area (Å²) in [5, 5.41) is 18.6. The van der Waals surface area contributed by atoms with Crippen molar-refractivity contribution in [3.05, 3.63) is 0 Å². The van der Waals surface area contributed by atoms with Crippen molar-refractivity contribution in [2.45, 2.75) is 110 Å². The number of aliphatic carboxylic acids is 1. The van der Waals surface area contributed by atoms with Gasteiger partial charge in [-0.15, -0.1) is 0 Å². The van der Waals surface area contributed by atoms with Crippen LogP contribution in [0.1, 0.15) is 104 Å². The first-order valence-electron chi connectivity index (χ1n) is 9.93. The minimum absolute atomic E-state index is 0.123. The fourth-order valence-electron chi connectivity index (χ4n) is 3.15. The van der Waals surface area contributed by atoms with Crippen molar-refractivity contribution in [1.29, 1.82) is 0 Å². The minimum Gasteiger partial charge on any atom is -0.481 e. The van der Waals surface area contributed by atoms with Crippen molar-refractivity contribution in [3.63, 3.8) is 0 Å². The largest absolute Gasteiger partial charge is 0.481 e. The van der Waals surface area contributed by atoms with Crippen molar-refractivity contribution in [2.24, 2.45) is 5.92 Å². The Bertz CT molecular complexity index is 328. The average molecular weight is 343 g/mol. The topological polar surface area (TPSA) is 74.6 Å². The number of ketones is 1. The monoisotopic (exact) mass is 342 g/mol. The van der Waals surface area contributed by atoms with Gasteiger partial charge in [0.1, 0.15) is 5.78 Å². The number of Topliss-reactive ketones (excluding diaryl/α,β-unsaturated/α-hetero) is 1. The van der Waals surface area contributed by atoms with Crippen LogP contribution in [0.4, 0.5) is 0 Å². The van der Waals surface area contributed by atoms with E-state index in [9.17, 15) is 14.7 Å². The molecule has 0 radical (unpaired) electrons. The summed E-state index contributed by atoms with van der Waals surface area (Å²) in [4.78, 5) is 22.5. The molecule has 0 aliphatic heterocycles. The molecule has 0 fully saturated rings. The molecule has 0 aromatic carbocycles. The molecular weight excluding hydrogens is 304 g/mol. The highest BCUT2D eigenvalue weighted by Crippen LogP contribution is 2.21. The number of carbonyl (C=O) groups excluding carboxylic acids is 1. The van der Waals surface area contributed by atoms with Crippen LogP contribution in [-0.2, 0) is 9.59 Å². The molecule has 0 aromatic rings. The van der Waals surface area contributed by atoms with Gasteiger partial charge in [0.25, 0.3) is 0 Å². The zero-order chi connectivity index (χ0) is 18.2. The van der Waals surface area contributed by atoms with Gasteiger partial charge in [0.15, 0.2) is 0 Å². The predicted octanol–water partition coefficient (Wildman–Crippen LogP) is 5.12. The van der Waals surface area contributed by atoms with Gasteiger partial charge in [-0.3, -0.25) is 9.59 Å². The molecule has 0 amide bonds. The van der Waals surface area contributed by atoms with Crippen molar-refractivity contribution in [2.75, 3.05) is 0 Å². The first-order valence-corrected chi connectivity index (χ1v) is 9.93. The Morgan fingerprint density at radius 2 is 1.38 bits per heavy atom. The molecule has 0 saturated heterocycles. The molecular formula is C20H38O4. The number of carbonyl (C=O) groups is 2. The summed E-state index contributed by atoms with van der Waals surface area (Å²) < 4.78 is 0. The molecule has 4 nitrogen and oxygen atoms in total. The fraction of sp³-hybridized carbons (Fsp3) is 0.900. The summed E-state index contributed by atoms with van der Waals surface area (Å²) in [5.74, 6) is -0.273. The van der Waals surface area contributed by atoms with Gasteiger partial charge < -0.3 is 10.2 Å². The molecule has 0 bridgehead atoms. The third-order valence-electron chi connectivity index (χ3n) is 4.73. The first kappa shape index (κ1) is 23.1. The molecule has 0 spiro atoms. The molecule has 0 rings (SSSR count). The summed E-state index contributed by atoms with van der Waals surface area (Å²) in [7, 11) is 0. The number of unbranched alkanes of at least 4 members (excludes halogenated alkanes) is 5. The van der Waals surface area contributed by atoms with E-state index in [1.165, 1.54) is 12.8 Å². The molecule has 0 heterocycles. The van der Waals surface area contributed by atoms with Crippen LogP contribution in [0, 0.1) is 5.92 Å². The second kappa shape index (κ2) is 15.6. The van der Waals surface area contributed by atoms with Gasteiger partial charge >= 0.3 is 5.97 Å². The number of carboxylic acids is 1. The van der Waals surface area contributed by atoms with Crippen LogP contribution in [-0.4, -0.2) is 28.1 Å². The maximum absolute atomic E-state index is 12.1. The third kappa shape index (κ3) is 13.5. The molecule has 24 heavy (non-hydrogen) atoms. The molecule has 2 N–H and O–H groups in total. The quantitative estimate of drug-likeness (QED) is 0.360. The van der Waals surface area contributed by atoms with E-state index in [4.69, 9.17) is 5.11 Å².